The van der Waals surface area contributed by atoms with Crippen LogP contribution < -0.4 is 55.0 Å². The molecule has 8 aromatic carbocycles. The van der Waals surface area contributed by atoms with Crippen LogP contribution in [0, 0.1) is 11.6 Å². The van der Waals surface area contributed by atoms with Crippen LogP contribution in [0.3, 0.4) is 0 Å². The van der Waals surface area contributed by atoms with Crippen LogP contribution in [0.15, 0.2) is 219 Å². The number of fused-ring (bicyclic) bond motifs is 3. The number of halogens is 4. The standard InChI is InChI=1S/C27H23FN4O4S.C17H16N2O2S.C11H10ClNO2.C10H8ClFN2O2.C6H7NS/c1-35-23-15-21-22(16-24(23)36-2)29-12-11-25(21)37-20-9-5-18(6-10-20)30-26(33)32-14-13-31(27(32)34)19-7-3-17(28)4-8-19;1-20-15-9-13-14(10-16(15)21-2)19-8-7-17(13)22-12-5-3-11(18)4-6-12;1-14-10-5-7-8(12)3-4-13-9(7)6-11(10)15-2;11-9(15)14-6-5-13(10(14)16)8-3-1-7(12)2-4-8;7-5-1-3-6(8)4-2-5/h3-12,15-16H,13-14H2,1-2H3,(H,30,33);3-10H,18H2,1-2H3;3-6H,1-2H3;1-4H,5-6H2;1-4,8H,7H2. The molecule has 0 atom stereocenters. The smallest absolute Gasteiger partial charge is 0.332 e. The summed E-state index contributed by atoms with van der Waals surface area (Å²) in [4.78, 5) is 71.1. The molecule has 0 aliphatic carbocycles. The minimum Gasteiger partial charge on any atom is -0.493 e. The molecule has 5 N–H and O–H groups in total. The number of benzene rings is 8. The first kappa shape index (κ1) is 71.8. The van der Waals surface area contributed by atoms with Crippen LogP contribution in [0.25, 0.3) is 32.7 Å². The molecule has 2 fully saturated rings. The zero-order valence-electron chi connectivity index (χ0n) is 53.4. The van der Waals surface area contributed by atoms with Gasteiger partial charge in [0.1, 0.15) is 11.6 Å². The number of nitrogens with one attached hydrogen (secondary N) is 1. The molecule has 0 saturated carbocycles. The van der Waals surface area contributed by atoms with Crippen molar-refractivity contribution >= 4 is 144 Å². The Hall–Kier alpha value is -10.4. The van der Waals surface area contributed by atoms with E-state index in [4.69, 9.17) is 63.1 Å². The minimum atomic E-state index is -0.797. The molecule has 504 valence electrons. The zero-order chi connectivity index (χ0) is 70.0. The summed E-state index contributed by atoms with van der Waals surface area (Å²) in [6, 6.07) is 49.1. The van der Waals surface area contributed by atoms with Crippen molar-refractivity contribution in [1.82, 2.24) is 24.8 Å². The van der Waals surface area contributed by atoms with Gasteiger partial charge >= 0.3 is 23.5 Å². The number of rotatable bonds is 13. The topological polar surface area (TPSA) is 239 Å². The summed E-state index contributed by atoms with van der Waals surface area (Å²) in [5.74, 6) is 3.16. The van der Waals surface area contributed by atoms with Crippen LogP contribution in [0.5, 0.6) is 34.5 Å². The van der Waals surface area contributed by atoms with Crippen molar-refractivity contribution in [3.8, 4) is 34.5 Å². The van der Waals surface area contributed by atoms with Gasteiger partial charge in [-0.1, -0.05) is 35.1 Å². The van der Waals surface area contributed by atoms with E-state index in [0.29, 0.717) is 69.7 Å². The summed E-state index contributed by atoms with van der Waals surface area (Å²) < 4.78 is 57.8. The molecule has 2 aliphatic rings. The number of carbonyl (C=O) groups excluding carboxylic acids is 4. The number of nitrogens with two attached hydrogens (primary N) is 2. The van der Waals surface area contributed by atoms with Gasteiger partial charge in [-0.15, -0.1) is 12.6 Å². The van der Waals surface area contributed by atoms with E-state index in [0.717, 1.165) is 78.4 Å². The highest BCUT2D eigenvalue weighted by atomic mass is 35.5. The number of ether oxygens (including phenoxy) is 6. The van der Waals surface area contributed by atoms with Crippen LogP contribution in [0.2, 0.25) is 5.02 Å². The molecule has 0 radical (unpaired) electrons. The fraction of sp³-hybridized carbons (Fsp3) is 0.141. The number of hydrogen-bond acceptors (Lipinski definition) is 18. The number of thiol groups is 1. The maximum atomic E-state index is 13.2. The predicted octanol–water partition coefficient (Wildman–Crippen LogP) is 16.9. The third-order valence-electron chi connectivity index (χ3n) is 14.7. The van der Waals surface area contributed by atoms with E-state index in [1.807, 2.05) is 103 Å². The Kier molecular flexibility index (Phi) is 24.9. The average molecular weight is 1420 g/mol. The zero-order valence-corrected chi connectivity index (χ0v) is 57.5. The molecule has 5 heterocycles. The molecule has 3 aromatic heterocycles. The van der Waals surface area contributed by atoms with Crippen molar-refractivity contribution in [2.24, 2.45) is 0 Å². The van der Waals surface area contributed by atoms with Gasteiger partial charge in [0.25, 0.3) is 0 Å². The number of anilines is 5. The number of imide groups is 2. The summed E-state index contributed by atoms with van der Waals surface area (Å²) in [6.07, 6.45) is 5.21. The minimum absolute atomic E-state index is 0.235. The molecule has 2 saturated heterocycles. The molecule has 20 nitrogen and oxygen atoms in total. The molecular formula is C71H64Cl2F2N10O10S3. The molecule has 11 aromatic rings. The van der Waals surface area contributed by atoms with Gasteiger partial charge in [-0.3, -0.25) is 29.5 Å². The predicted molar refractivity (Wildman–Crippen MR) is 385 cm³/mol. The van der Waals surface area contributed by atoms with Gasteiger partial charge in [-0.2, -0.15) is 0 Å². The van der Waals surface area contributed by atoms with Gasteiger partial charge in [-0.05, 0) is 169 Å². The SMILES string of the molecule is COc1cc2nccc(Cl)c2cc1OC.COc1cc2nccc(Sc3ccc(N)cc3)c2cc1OC.COc1cc2nccc(Sc3ccc(NC(=O)N4CCN(c5ccc(F)cc5)C4=O)cc3)c2cc1OC.Nc1ccc(S)cc1.O=C(Cl)N1CCN(c2ccc(F)cc2)C1=O. The lowest BCUT2D eigenvalue weighted by Crippen LogP contribution is -2.39. The fourth-order valence-electron chi connectivity index (χ4n) is 9.72. The number of carbonyl (C=O) groups is 4. The van der Waals surface area contributed by atoms with E-state index in [2.05, 4.69) is 32.9 Å². The van der Waals surface area contributed by atoms with E-state index < -0.39 is 23.5 Å². The number of nitrogens with zero attached hydrogens (tertiary/aromatic N) is 7. The quantitative estimate of drug-likeness (QED) is 0.0363. The van der Waals surface area contributed by atoms with E-state index in [1.165, 1.54) is 58.3 Å². The van der Waals surface area contributed by atoms with Crippen LogP contribution in [-0.4, -0.2) is 117 Å². The molecule has 7 amide bonds. The summed E-state index contributed by atoms with van der Waals surface area (Å²) in [5, 5.41) is 5.45. The van der Waals surface area contributed by atoms with Crippen LogP contribution >= 0.6 is 59.4 Å². The second-order valence-corrected chi connectivity index (χ2v) is 24.3. The van der Waals surface area contributed by atoms with Crippen molar-refractivity contribution < 1.29 is 56.4 Å². The maximum Gasteiger partial charge on any atom is 0.332 e. The van der Waals surface area contributed by atoms with E-state index in [1.54, 1.807) is 109 Å². The van der Waals surface area contributed by atoms with E-state index >= 15 is 0 Å². The fourth-order valence-corrected chi connectivity index (χ4v) is 12.1. The summed E-state index contributed by atoms with van der Waals surface area (Å²) in [6.45, 7) is 1.19. The Morgan fingerprint density at radius 2 is 0.837 bits per heavy atom. The summed E-state index contributed by atoms with van der Waals surface area (Å²) >= 11 is 18.6. The van der Waals surface area contributed by atoms with Gasteiger partial charge in [0.05, 0.1) is 70.8 Å². The lowest BCUT2D eigenvalue weighted by molar-refractivity contribution is 0.208. The van der Waals surface area contributed by atoms with Crippen molar-refractivity contribution in [3.63, 3.8) is 0 Å². The van der Waals surface area contributed by atoms with E-state index in [-0.39, 0.29) is 24.7 Å². The number of aromatic nitrogens is 3. The molecule has 0 spiro atoms. The molecule has 98 heavy (non-hydrogen) atoms. The number of methoxy groups -OCH3 is 6. The Morgan fingerprint density at radius 3 is 1.23 bits per heavy atom. The highest BCUT2D eigenvalue weighted by Gasteiger charge is 2.35. The van der Waals surface area contributed by atoms with Gasteiger partial charge in [0.15, 0.2) is 34.5 Å². The molecule has 0 unspecified atom stereocenters. The second kappa shape index (κ2) is 34.0. The first-order chi connectivity index (χ1) is 47.3. The van der Waals surface area contributed by atoms with Crippen LogP contribution in [0.1, 0.15) is 0 Å². The largest absolute Gasteiger partial charge is 0.493 e. The third-order valence-corrected chi connectivity index (χ3v) is 17.7. The number of amides is 7. The van der Waals surface area contributed by atoms with Crippen LogP contribution in [-0.2, 0) is 0 Å². The van der Waals surface area contributed by atoms with Gasteiger partial charge in [0.2, 0.25) is 0 Å². The maximum absolute atomic E-state index is 13.2. The number of hydrogen-bond donors (Lipinski definition) is 4. The van der Waals surface area contributed by atoms with Gasteiger partial charge < -0.3 is 45.2 Å². The lowest BCUT2D eigenvalue weighted by Gasteiger charge is -2.18. The first-order valence-corrected chi connectivity index (χ1v) is 32.4. The van der Waals surface area contributed by atoms with E-state index in [9.17, 15) is 28.0 Å². The number of pyridine rings is 3. The molecule has 13 rings (SSSR count). The second-order valence-electron chi connectivity index (χ2n) is 20.8. The first-order valence-electron chi connectivity index (χ1n) is 29.6. The third kappa shape index (κ3) is 18.2. The Bertz CT molecular complexity index is 4600. The van der Waals surface area contributed by atoms with Crippen molar-refractivity contribution in [2.75, 3.05) is 95.4 Å². The summed E-state index contributed by atoms with van der Waals surface area (Å²) in [7, 11) is 9.62. The van der Waals surface area contributed by atoms with Crippen molar-refractivity contribution in [3.05, 3.63) is 211 Å². The number of urea groups is 3. The molecule has 27 heteroatoms. The van der Waals surface area contributed by atoms with Gasteiger partial charge in [-0.25, -0.2) is 33.0 Å². The monoisotopic (exact) mass is 1420 g/mol. The molecule has 2 aliphatic heterocycles. The number of nitrogen functional groups attached to an aromatic ring is 2. The molecule has 0 bridgehead atoms. The Morgan fingerprint density at radius 1 is 0.480 bits per heavy atom. The highest BCUT2D eigenvalue weighted by Crippen LogP contribution is 2.41. The van der Waals surface area contributed by atoms with Crippen molar-refractivity contribution in [1.29, 1.82) is 0 Å². The molecular weight excluding hydrogens is 1360 g/mol. The van der Waals surface area contributed by atoms with Gasteiger partial charge in [0, 0.05) is 125 Å². The lowest BCUT2D eigenvalue weighted by atomic mass is 10.2. The average Bonchev–Trinajstić information content (AvgIpc) is 0.852. The highest BCUT2D eigenvalue weighted by molar-refractivity contribution is 7.99. The van der Waals surface area contributed by atoms with Crippen molar-refractivity contribution in [2.45, 2.75) is 24.5 Å². The van der Waals surface area contributed by atoms with Crippen LogP contribution in [0.4, 0.5) is 56.4 Å². The normalized spacial score (nSPS) is 12.3. The Balaban J connectivity index is 0.000000157. The summed E-state index contributed by atoms with van der Waals surface area (Å²) in [5.41, 5.74) is 16.8. The Labute approximate surface area is 587 Å².